The van der Waals surface area contributed by atoms with Crippen molar-refractivity contribution in [3.05, 3.63) is 23.4 Å². The summed E-state index contributed by atoms with van der Waals surface area (Å²) in [5.74, 6) is 1.05. The normalized spacial score (nSPS) is 11.0. The van der Waals surface area contributed by atoms with Gasteiger partial charge in [0.25, 0.3) is 0 Å². The summed E-state index contributed by atoms with van der Waals surface area (Å²) in [6, 6.07) is 4.49. The second-order valence-corrected chi connectivity index (χ2v) is 5.18. The summed E-state index contributed by atoms with van der Waals surface area (Å²) < 4.78 is 0. The van der Waals surface area contributed by atoms with Crippen molar-refractivity contribution in [3.8, 4) is 0 Å². The Morgan fingerprint density at radius 3 is 2.69 bits per heavy atom. The van der Waals surface area contributed by atoms with Crippen LogP contribution in [0.3, 0.4) is 0 Å². The molecule has 0 atom stereocenters. The largest absolute Gasteiger partial charge is 0.313 e. The summed E-state index contributed by atoms with van der Waals surface area (Å²) in [6.45, 7) is 5.46. The second kappa shape index (κ2) is 7.93. The van der Waals surface area contributed by atoms with Crippen LogP contribution in [0.4, 0.5) is 0 Å². The Morgan fingerprint density at radius 2 is 2.12 bits per heavy atom. The molecule has 16 heavy (non-hydrogen) atoms. The molecule has 0 aromatic carbocycles. The van der Waals surface area contributed by atoms with Gasteiger partial charge in [-0.05, 0) is 25.0 Å². The molecule has 0 spiro atoms. The third-order valence-electron chi connectivity index (χ3n) is 2.47. The molecular weight excluding hydrogens is 240 g/mol. The molecule has 2 nitrogen and oxygen atoms in total. The van der Waals surface area contributed by atoms with Gasteiger partial charge in [-0.25, -0.2) is 4.98 Å². The van der Waals surface area contributed by atoms with E-state index in [1.807, 2.05) is 12.1 Å². The third kappa shape index (κ3) is 5.19. The highest BCUT2D eigenvalue weighted by Gasteiger charge is 2.01. The summed E-state index contributed by atoms with van der Waals surface area (Å²) in [4.78, 5) is 4.24. The van der Waals surface area contributed by atoms with Gasteiger partial charge in [-0.3, -0.25) is 0 Å². The van der Waals surface area contributed by atoms with E-state index in [4.69, 9.17) is 11.6 Å². The van der Waals surface area contributed by atoms with Crippen molar-refractivity contribution >= 4 is 23.4 Å². The van der Waals surface area contributed by atoms with E-state index in [9.17, 15) is 0 Å². The molecule has 0 fully saturated rings. The standard InChI is InChI=1S/C12H19ClN2S/c1-3-11(4-2)14-7-8-16-12-6-5-10(13)9-15-12/h5-6,9,11,14H,3-4,7-8H2,1-2H3. The maximum absolute atomic E-state index is 5.77. The lowest BCUT2D eigenvalue weighted by Crippen LogP contribution is -2.29. The molecule has 0 saturated carbocycles. The molecule has 1 aromatic rings. The molecule has 1 aromatic heterocycles. The zero-order valence-electron chi connectivity index (χ0n) is 9.87. The van der Waals surface area contributed by atoms with E-state index in [1.54, 1.807) is 18.0 Å². The molecule has 1 N–H and O–H groups in total. The van der Waals surface area contributed by atoms with E-state index in [0.29, 0.717) is 11.1 Å². The van der Waals surface area contributed by atoms with Crippen LogP contribution in [0, 0.1) is 0 Å². The van der Waals surface area contributed by atoms with Gasteiger partial charge in [0.1, 0.15) is 0 Å². The van der Waals surface area contributed by atoms with Crippen molar-refractivity contribution in [2.45, 2.75) is 37.8 Å². The molecule has 0 aliphatic rings. The Labute approximate surface area is 107 Å². The van der Waals surface area contributed by atoms with Gasteiger partial charge in [0.2, 0.25) is 0 Å². The van der Waals surface area contributed by atoms with Gasteiger partial charge in [0.05, 0.1) is 10.0 Å². The van der Waals surface area contributed by atoms with E-state index < -0.39 is 0 Å². The van der Waals surface area contributed by atoms with Crippen LogP contribution in [-0.4, -0.2) is 23.3 Å². The number of nitrogens with zero attached hydrogens (tertiary/aromatic N) is 1. The lowest BCUT2D eigenvalue weighted by molar-refractivity contribution is 0.501. The SMILES string of the molecule is CCC(CC)NCCSc1ccc(Cl)cn1. The molecule has 0 aliphatic heterocycles. The predicted octanol–water partition coefficient (Wildman–Crippen LogP) is 3.61. The first-order valence-electron chi connectivity index (χ1n) is 5.74. The van der Waals surface area contributed by atoms with E-state index in [1.165, 1.54) is 12.8 Å². The fourth-order valence-electron chi connectivity index (χ4n) is 1.44. The Balaban J connectivity index is 2.18. The lowest BCUT2D eigenvalue weighted by atomic mass is 10.2. The first-order chi connectivity index (χ1) is 7.76. The quantitative estimate of drug-likeness (QED) is 0.598. The maximum Gasteiger partial charge on any atom is 0.0961 e. The first-order valence-corrected chi connectivity index (χ1v) is 7.10. The van der Waals surface area contributed by atoms with Gasteiger partial charge >= 0.3 is 0 Å². The van der Waals surface area contributed by atoms with E-state index in [0.717, 1.165) is 17.3 Å². The molecule has 1 heterocycles. The summed E-state index contributed by atoms with van der Waals surface area (Å²) in [6.07, 6.45) is 4.08. The molecule has 0 radical (unpaired) electrons. The fourth-order valence-corrected chi connectivity index (χ4v) is 2.28. The highest BCUT2D eigenvalue weighted by atomic mass is 35.5. The summed E-state index contributed by atoms with van der Waals surface area (Å²) in [7, 11) is 0. The van der Waals surface area contributed by atoms with Crippen LogP contribution < -0.4 is 5.32 Å². The van der Waals surface area contributed by atoms with Crippen LogP contribution >= 0.6 is 23.4 Å². The van der Waals surface area contributed by atoms with Crippen LogP contribution in [-0.2, 0) is 0 Å². The number of nitrogens with one attached hydrogen (secondary N) is 1. The summed E-state index contributed by atoms with van der Waals surface area (Å²) >= 11 is 7.53. The van der Waals surface area contributed by atoms with Gasteiger partial charge in [-0.15, -0.1) is 11.8 Å². The highest BCUT2D eigenvalue weighted by molar-refractivity contribution is 7.99. The van der Waals surface area contributed by atoms with E-state index in [-0.39, 0.29) is 0 Å². The minimum absolute atomic E-state index is 0.652. The van der Waals surface area contributed by atoms with Crippen molar-refractivity contribution in [2.24, 2.45) is 0 Å². The molecule has 0 amide bonds. The molecule has 0 bridgehead atoms. The monoisotopic (exact) mass is 258 g/mol. The maximum atomic E-state index is 5.77. The van der Waals surface area contributed by atoms with E-state index in [2.05, 4.69) is 24.1 Å². The zero-order chi connectivity index (χ0) is 11.8. The molecule has 4 heteroatoms. The number of hydrogen-bond donors (Lipinski definition) is 1. The second-order valence-electron chi connectivity index (χ2n) is 3.63. The molecular formula is C12H19ClN2S. The Kier molecular flexibility index (Phi) is 6.85. The number of thioether (sulfide) groups is 1. The number of hydrogen-bond acceptors (Lipinski definition) is 3. The average molecular weight is 259 g/mol. The van der Waals surface area contributed by atoms with Gasteiger partial charge in [0.15, 0.2) is 0 Å². The van der Waals surface area contributed by atoms with Crippen molar-refractivity contribution in [2.75, 3.05) is 12.3 Å². The molecule has 1 rings (SSSR count). The topological polar surface area (TPSA) is 24.9 Å². The van der Waals surface area contributed by atoms with Gasteiger partial charge in [0, 0.05) is 24.5 Å². The zero-order valence-corrected chi connectivity index (χ0v) is 11.4. The predicted molar refractivity (Wildman–Crippen MR) is 72.3 cm³/mol. The van der Waals surface area contributed by atoms with Gasteiger partial charge < -0.3 is 5.32 Å². The van der Waals surface area contributed by atoms with Crippen LogP contribution in [0.5, 0.6) is 0 Å². The van der Waals surface area contributed by atoms with Crippen molar-refractivity contribution < 1.29 is 0 Å². The molecule has 0 unspecified atom stereocenters. The van der Waals surface area contributed by atoms with E-state index >= 15 is 0 Å². The fraction of sp³-hybridized carbons (Fsp3) is 0.583. The van der Waals surface area contributed by atoms with Crippen LogP contribution in [0.2, 0.25) is 5.02 Å². The van der Waals surface area contributed by atoms with Gasteiger partial charge in [-0.2, -0.15) is 0 Å². The number of rotatable bonds is 7. The number of aromatic nitrogens is 1. The highest BCUT2D eigenvalue weighted by Crippen LogP contribution is 2.16. The van der Waals surface area contributed by atoms with Crippen LogP contribution in [0.1, 0.15) is 26.7 Å². The third-order valence-corrected chi connectivity index (χ3v) is 3.64. The minimum atomic E-state index is 0.652. The molecule has 0 saturated heterocycles. The Hall–Kier alpha value is -0.250. The van der Waals surface area contributed by atoms with Crippen molar-refractivity contribution in [1.29, 1.82) is 0 Å². The van der Waals surface area contributed by atoms with Crippen molar-refractivity contribution in [1.82, 2.24) is 10.3 Å². The smallest absolute Gasteiger partial charge is 0.0961 e. The molecule has 90 valence electrons. The minimum Gasteiger partial charge on any atom is -0.313 e. The summed E-state index contributed by atoms with van der Waals surface area (Å²) in [5, 5.41) is 5.26. The van der Waals surface area contributed by atoms with Crippen molar-refractivity contribution in [3.63, 3.8) is 0 Å². The number of halogens is 1. The molecule has 0 aliphatic carbocycles. The van der Waals surface area contributed by atoms with Gasteiger partial charge in [-0.1, -0.05) is 25.4 Å². The Bertz CT molecular complexity index is 286. The number of pyridine rings is 1. The lowest BCUT2D eigenvalue weighted by Gasteiger charge is -2.13. The summed E-state index contributed by atoms with van der Waals surface area (Å²) in [5.41, 5.74) is 0. The Morgan fingerprint density at radius 1 is 1.38 bits per heavy atom. The first kappa shape index (κ1) is 13.8. The average Bonchev–Trinajstić information content (AvgIpc) is 2.32. The van der Waals surface area contributed by atoms with Crippen LogP contribution in [0.25, 0.3) is 0 Å². The van der Waals surface area contributed by atoms with Crippen LogP contribution in [0.15, 0.2) is 23.4 Å².